The molecule has 1 aromatic carbocycles. The molecule has 7 heteroatoms. The van der Waals surface area contributed by atoms with E-state index in [0.29, 0.717) is 6.54 Å². The van der Waals surface area contributed by atoms with E-state index in [9.17, 15) is 8.42 Å². The lowest BCUT2D eigenvalue weighted by Gasteiger charge is -2.11. The van der Waals surface area contributed by atoms with Gasteiger partial charge in [0.2, 0.25) is 5.95 Å². The van der Waals surface area contributed by atoms with Gasteiger partial charge in [-0.05, 0) is 30.7 Å². The van der Waals surface area contributed by atoms with Crippen LogP contribution in [0, 0.1) is 0 Å². The molecule has 0 aliphatic carbocycles. The summed E-state index contributed by atoms with van der Waals surface area (Å²) in [5.74, 6) is 0.0637. The SMILES string of the molecule is CCCNCc1ccccc1S(=O)(=O)Nc1ncccn1. The second kappa shape index (κ2) is 7.14. The molecule has 0 unspecified atom stereocenters. The van der Waals surface area contributed by atoms with Crippen LogP contribution < -0.4 is 10.0 Å². The predicted octanol–water partition coefficient (Wildman–Crippen LogP) is 1.78. The van der Waals surface area contributed by atoms with Crippen LogP contribution in [0.25, 0.3) is 0 Å². The van der Waals surface area contributed by atoms with Crippen LogP contribution in [-0.4, -0.2) is 24.9 Å². The van der Waals surface area contributed by atoms with Crippen LogP contribution in [0.2, 0.25) is 0 Å². The maximum atomic E-state index is 12.4. The Morgan fingerprint density at radius 2 is 1.81 bits per heavy atom. The highest BCUT2D eigenvalue weighted by molar-refractivity contribution is 7.92. The van der Waals surface area contributed by atoms with Crippen molar-refractivity contribution in [2.45, 2.75) is 24.8 Å². The van der Waals surface area contributed by atoms with Gasteiger partial charge in [0.1, 0.15) is 0 Å². The number of nitrogens with one attached hydrogen (secondary N) is 2. The van der Waals surface area contributed by atoms with E-state index in [1.807, 2.05) is 6.07 Å². The van der Waals surface area contributed by atoms with Crippen LogP contribution in [0.15, 0.2) is 47.6 Å². The van der Waals surface area contributed by atoms with Crippen molar-refractivity contribution in [3.05, 3.63) is 48.3 Å². The second-order valence-corrected chi connectivity index (χ2v) is 6.11. The van der Waals surface area contributed by atoms with Crippen molar-refractivity contribution in [3.63, 3.8) is 0 Å². The minimum atomic E-state index is -3.70. The lowest BCUT2D eigenvalue weighted by atomic mass is 10.2. The minimum absolute atomic E-state index is 0.0637. The van der Waals surface area contributed by atoms with Crippen LogP contribution in [0.4, 0.5) is 5.95 Å². The second-order valence-electron chi connectivity index (χ2n) is 4.46. The van der Waals surface area contributed by atoms with E-state index in [4.69, 9.17) is 0 Å². The summed E-state index contributed by atoms with van der Waals surface area (Å²) < 4.78 is 27.3. The van der Waals surface area contributed by atoms with Crippen LogP contribution in [0.5, 0.6) is 0 Å². The summed E-state index contributed by atoms with van der Waals surface area (Å²) in [4.78, 5) is 7.99. The fraction of sp³-hybridized carbons (Fsp3) is 0.286. The summed E-state index contributed by atoms with van der Waals surface area (Å²) in [6, 6.07) is 8.52. The standard InChI is InChI=1S/C14H18N4O2S/c1-2-8-15-11-12-6-3-4-7-13(12)21(19,20)18-14-16-9-5-10-17-14/h3-7,9-10,15H,2,8,11H2,1H3,(H,16,17,18). The average Bonchev–Trinajstić information content (AvgIpc) is 2.48. The number of sulfonamides is 1. The third-order valence-corrected chi connectivity index (χ3v) is 4.22. The molecule has 2 aromatic rings. The first-order valence-electron chi connectivity index (χ1n) is 6.72. The van der Waals surface area contributed by atoms with Gasteiger partial charge in [-0.3, -0.25) is 0 Å². The Morgan fingerprint density at radius 3 is 2.52 bits per heavy atom. The van der Waals surface area contributed by atoms with Crippen LogP contribution in [0.3, 0.4) is 0 Å². The monoisotopic (exact) mass is 306 g/mol. The lowest BCUT2D eigenvalue weighted by Crippen LogP contribution is -2.20. The van der Waals surface area contributed by atoms with E-state index in [-0.39, 0.29) is 10.8 Å². The summed E-state index contributed by atoms with van der Waals surface area (Å²) >= 11 is 0. The molecule has 0 amide bonds. The van der Waals surface area contributed by atoms with Gasteiger partial charge in [0.05, 0.1) is 4.90 Å². The number of aromatic nitrogens is 2. The Balaban J connectivity index is 2.23. The average molecular weight is 306 g/mol. The van der Waals surface area contributed by atoms with Crippen LogP contribution in [0.1, 0.15) is 18.9 Å². The van der Waals surface area contributed by atoms with E-state index in [1.165, 1.54) is 12.4 Å². The Morgan fingerprint density at radius 1 is 1.10 bits per heavy atom. The molecule has 0 atom stereocenters. The number of rotatable bonds is 7. The van der Waals surface area contributed by atoms with E-state index in [2.05, 4.69) is 26.9 Å². The summed E-state index contributed by atoms with van der Waals surface area (Å²) in [5.41, 5.74) is 0.717. The number of hydrogen-bond acceptors (Lipinski definition) is 5. The van der Waals surface area contributed by atoms with Crippen LogP contribution >= 0.6 is 0 Å². The molecule has 21 heavy (non-hydrogen) atoms. The third kappa shape index (κ3) is 4.24. The van der Waals surface area contributed by atoms with Gasteiger partial charge in [-0.1, -0.05) is 25.1 Å². The van der Waals surface area contributed by atoms with Crippen molar-refractivity contribution in [3.8, 4) is 0 Å². The van der Waals surface area contributed by atoms with Crippen molar-refractivity contribution in [2.75, 3.05) is 11.3 Å². The molecule has 0 saturated heterocycles. The maximum Gasteiger partial charge on any atom is 0.264 e. The van der Waals surface area contributed by atoms with Gasteiger partial charge in [0.15, 0.2) is 0 Å². The van der Waals surface area contributed by atoms with Crippen LogP contribution in [-0.2, 0) is 16.6 Å². The molecule has 0 aliphatic heterocycles. The Kier molecular flexibility index (Phi) is 5.24. The summed E-state index contributed by atoms with van der Waals surface area (Å²) in [5, 5.41) is 3.20. The number of anilines is 1. The van der Waals surface area contributed by atoms with Gasteiger partial charge in [-0.25, -0.2) is 23.1 Å². The third-order valence-electron chi connectivity index (χ3n) is 2.80. The maximum absolute atomic E-state index is 12.4. The molecule has 0 spiro atoms. The van der Waals surface area contributed by atoms with Crippen molar-refractivity contribution < 1.29 is 8.42 Å². The summed E-state index contributed by atoms with van der Waals surface area (Å²) in [6.45, 7) is 3.40. The molecular formula is C14H18N4O2S. The predicted molar refractivity (Wildman–Crippen MR) is 81.3 cm³/mol. The van der Waals surface area contributed by atoms with Gasteiger partial charge in [0.25, 0.3) is 10.0 Å². The Labute approximate surface area is 124 Å². The topological polar surface area (TPSA) is 84.0 Å². The van der Waals surface area contributed by atoms with Gasteiger partial charge < -0.3 is 5.32 Å². The molecule has 0 bridgehead atoms. The van der Waals surface area contributed by atoms with E-state index < -0.39 is 10.0 Å². The lowest BCUT2D eigenvalue weighted by molar-refractivity contribution is 0.597. The molecule has 1 aromatic heterocycles. The zero-order valence-electron chi connectivity index (χ0n) is 11.8. The summed E-state index contributed by atoms with van der Waals surface area (Å²) in [7, 11) is -3.70. The number of hydrogen-bond donors (Lipinski definition) is 2. The molecule has 0 aliphatic rings. The Bertz CT molecular complexity index is 674. The highest BCUT2D eigenvalue weighted by atomic mass is 32.2. The molecular weight excluding hydrogens is 288 g/mol. The Hall–Kier alpha value is -1.99. The summed E-state index contributed by atoms with van der Waals surface area (Å²) in [6.07, 6.45) is 3.96. The highest BCUT2D eigenvalue weighted by Crippen LogP contribution is 2.17. The first-order chi connectivity index (χ1) is 10.1. The van der Waals surface area contributed by atoms with Gasteiger partial charge >= 0.3 is 0 Å². The molecule has 2 rings (SSSR count). The minimum Gasteiger partial charge on any atom is -0.313 e. The molecule has 112 valence electrons. The smallest absolute Gasteiger partial charge is 0.264 e. The molecule has 0 radical (unpaired) electrons. The normalized spacial score (nSPS) is 11.3. The first-order valence-corrected chi connectivity index (χ1v) is 8.20. The largest absolute Gasteiger partial charge is 0.313 e. The number of nitrogens with zero attached hydrogens (tertiary/aromatic N) is 2. The zero-order valence-corrected chi connectivity index (χ0v) is 12.6. The quantitative estimate of drug-likeness (QED) is 0.762. The molecule has 0 saturated carbocycles. The number of benzene rings is 1. The van der Waals surface area contributed by atoms with E-state index in [0.717, 1.165) is 18.5 Å². The zero-order chi connectivity index (χ0) is 15.1. The highest BCUT2D eigenvalue weighted by Gasteiger charge is 2.18. The van der Waals surface area contributed by atoms with E-state index >= 15 is 0 Å². The van der Waals surface area contributed by atoms with Gasteiger partial charge in [-0.2, -0.15) is 0 Å². The molecule has 6 nitrogen and oxygen atoms in total. The molecule has 2 N–H and O–H groups in total. The van der Waals surface area contributed by atoms with E-state index in [1.54, 1.807) is 24.3 Å². The van der Waals surface area contributed by atoms with Crippen molar-refractivity contribution in [1.82, 2.24) is 15.3 Å². The van der Waals surface area contributed by atoms with Crippen molar-refractivity contribution in [2.24, 2.45) is 0 Å². The van der Waals surface area contributed by atoms with Crippen molar-refractivity contribution in [1.29, 1.82) is 0 Å². The fourth-order valence-corrected chi connectivity index (χ4v) is 3.04. The molecule has 1 heterocycles. The van der Waals surface area contributed by atoms with Gasteiger partial charge in [0, 0.05) is 18.9 Å². The van der Waals surface area contributed by atoms with Crippen molar-refractivity contribution >= 4 is 16.0 Å². The molecule has 0 fully saturated rings. The van der Waals surface area contributed by atoms with Gasteiger partial charge in [-0.15, -0.1) is 0 Å². The first kappa shape index (κ1) is 15.4. The fourth-order valence-electron chi connectivity index (χ4n) is 1.84.